The topological polar surface area (TPSA) is 86.0 Å². The van der Waals surface area contributed by atoms with Gasteiger partial charge in [0.15, 0.2) is 0 Å². The number of nitrogens with two attached hydrogens (primary N) is 2. The molecule has 6 heteroatoms. The zero-order chi connectivity index (χ0) is 10.4. The molecule has 0 unspecified atom stereocenters. The first-order chi connectivity index (χ1) is 6.72. The average Bonchev–Trinajstić information content (AvgIpc) is 2.18. The number of halogens is 1. The molecule has 4 N–H and O–H groups in total. The van der Waals surface area contributed by atoms with Crippen LogP contribution in [0.3, 0.4) is 0 Å². The smallest absolute Gasteiger partial charge is 0.211 e. The highest BCUT2D eigenvalue weighted by Gasteiger charge is 1.91. The zero-order valence-corrected chi connectivity index (χ0v) is 9.07. The van der Waals surface area contributed by atoms with E-state index in [9.17, 15) is 0 Å². The second kappa shape index (κ2) is 6.67. The van der Waals surface area contributed by atoms with Gasteiger partial charge in [-0.3, -0.25) is 0 Å². The van der Waals surface area contributed by atoms with Gasteiger partial charge in [0.25, 0.3) is 0 Å². The number of rotatable bonds is 3. The van der Waals surface area contributed by atoms with Crippen LogP contribution in [-0.2, 0) is 0 Å². The summed E-state index contributed by atoms with van der Waals surface area (Å²) in [6.07, 6.45) is 1.54. The molecule has 0 saturated heterocycles. The van der Waals surface area contributed by atoms with Crippen LogP contribution in [0.2, 0.25) is 0 Å². The molecule has 0 saturated carbocycles. The molecule has 1 aromatic carbocycles. The summed E-state index contributed by atoms with van der Waals surface area (Å²) in [5.41, 5.74) is 11.1. The molecule has 5 nitrogen and oxygen atoms in total. The minimum Gasteiger partial charge on any atom is -0.497 e. The molecule has 1 rings (SSSR count). The predicted octanol–water partition coefficient (Wildman–Crippen LogP) is 0.724. The Labute approximate surface area is 94.2 Å². The van der Waals surface area contributed by atoms with Crippen LogP contribution in [-0.4, -0.2) is 19.3 Å². The van der Waals surface area contributed by atoms with Crippen LogP contribution in [0.5, 0.6) is 5.75 Å². The summed E-state index contributed by atoms with van der Waals surface area (Å²) >= 11 is 0. The molecule has 0 aromatic heterocycles. The Bertz CT molecular complexity index is 361. The summed E-state index contributed by atoms with van der Waals surface area (Å²) in [5, 5.41) is 7.15. The third kappa shape index (κ3) is 4.87. The lowest BCUT2D eigenvalue weighted by atomic mass is 10.2. The molecule has 15 heavy (non-hydrogen) atoms. The van der Waals surface area contributed by atoms with Crippen molar-refractivity contribution in [1.82, 2.24) is 0 Å². The SMILES string of the molecule is COc1cccc(/C=N/N=C(N)N)c1.Cl. The van der Waals surface area contributed by atoms with Gasteiger partial charge in [-0.05, 0) is 17.7 Å². The van der Waals surface area contributed by atoms with Crippen molar-refractivity contribution in [2.45, 2.75) is 0 Å². The maximum absolute atomic E-state index is 5.10. The van der Waals surface area contributed by atoms with E-state index in [1.54, 1.807) is 13.3 Å². The van der Waals surface area contributed by atoms with Gasteiger partial charge < -0.3 is 16.2 Å². The summed E-state index contributed by atoms with van der Waals surface area (Å²) in [4.78, 5) is 0. The van der Waals surface area contributed by atoms with Crippen molar-refractivity contribution in [3.8, 4) is 5.75 Å². The fraction of sp³-hybridized carbons (Fsp3) is 0.111. The Morgan fingerprint density at radius 1 is 1.40 bits per heavy atom. The molecule has 0 aliphatic carbocycles. The third-order valence-corrected chi connectivity index (χ3v) is 1.47. The molecule has 0 spiro atoms. The molecule has 0 aliphatic heterocycles. The van der Waals surface area contributed by atoms with Crippen molar-refractivity contribution in [2.24, 2.45) is 21.7 Å². The molecule has 0 bridgehead atoms. The molecule has 82 valence electrons. The number of nitrogens with zero attached hydrogens (tertiary/aromatic N) is 2. The number of methoxy groups -OCH3 is 1. The summed E-state index contributed by atoms with van der Waals surface area (Å²) in [5.74, 6) is 0.697. The molecular formula is C9H13ClN4O. The van der Waals surface area contributed by atoms with E-state index in [0.717, 1.165) is 11.3 Å². The molecule has 0 atom stereocenters. The molecular weight excluding hydrogens is 216 g/mol. The zero-order valence-electron chi connectivity index (χ0n) is 8.25. The van der Waals surface area contributed by atoms with Crippen molar-refractivity contribution in [1.29, 1.82) is 0 Å². The maximum Gasteiger partial charge on any atom is 0.211 e. The monoisotopic (exact) mass is 228 g/mol. The molecule has 0 amide bonds. The van der Waals surface area contributed by atoms with E-state index in [1.807, 2.05) is 24.3 Å². The maximum atomic E-state index is 5.10. The van der Waals surface area contributed by atoms with Crippen LogP contribution in [0, 0.1) is 0 Å². The summed E-state index contributed by atoms with van der Waals surface area (Å²) < 4.78 is 5.04. The normalized spacial score (nSPS) is 9.40. The molecule has 0 aliphatic rings. The quantitative estimate of drug-likeness (QED) is 0.454. The Kier molecular flexibility index (Phi) is 5.89. The largest absolute Gasteiger partial charge is 0.497 e. The highest BCUT2D eigenvalue weighted by Crippen LogP contribution is 2.10. The van der Waals surface area contributed by atoms with Gasteiger partial charge in [0.05, 0.1) is 13.3 Å². The van der Waals surface area contributed by atoms with Gasteiger partial charge in [0.2, 0.25) is 5.96 Å². The van der Waals surface area contributed by atoms with Crippen LogP contribution >= 0.6 is 12.4 Å². The highest BCUT2D eigenvalue weighted by atomic mass is 35.5. The van der Waals surface area contributed by atoms with Crippen molar-refractivity contribution in [3.63, 3.8) is 0 Å². The Morgan fingerprint density at radius 3 is 2.73 bits per heavy atom. The number of hydrogen-bond donors (Lipinski definition) is 2. The van der Waals surface area contributed by atoms with Crippen molar-refractivity contribution >= 4 is 24.6 Å². The lowest BCUT2D eigenvalue weighted by Gasteiger charge is -1.98. The standard InChI is InChI=1S/C9H12N4O.ClH/c1-14-8-4-2-3-7(5-8)6-12-13-9(10)11;/h2-6H,1H3,(H4,10,11,13);1H/b12-6+;. The Balaban J connectivity index is 0.00000196. The fourth-order valence-corrected chi connectivity index (χ4v) is 0.884. The number of ether oxygens (including phenoxy) is 1. The first-order valence-corrected chi connectivity index (χ1v) is 3.98. The average molecular weight is 229 g/mol. The van der Waals surface area contributed by atoms with Gasteiger partial charge >= 0.3 is 0 Å². The van der Waals surface area contributed by atoms with Gasteiger partial charge in [-0.15, -0.1) is 17.5 Å². The second-order valence-electron chi connectivity index (χ2n) is 2.55. The van der Waals surface area contributed by atoms with Gasteiger partial charge in [-0.25, -0.2) is 0 Å². The highest BCUT2D eigenvalue weighted by molar-refractivity contribution is 5.85. The van der Waals surface area contributed by atoms with E-state index < -0.39 is 0 Å². The van der Waals surface area contributed by atoms with E-state index in [-0.39, 0.29) is 18.4 Å². The van der Waals surface area contributed by atoms with Crippen LogP contribution in [0.15, 0.2) is 34.5 Å². The summed E-state index contributed by atoms with van der Waals surface area (Å²) in [7, 11) is 1.60. The minimum atomic E-state index is -0.0656. The summed E-state index contributed by atoms with van der Waals surface area (Å²) in [6.45, 7) is 0. The van der Waals surface area contributed by atoms with Crippen LogP contribution in [0.1, 0.15) is 5.56 Å². The number of benzene rings is 1. The number of guanidine groups is 1. The third-order valence-electron chi connectivity index (χ3n) is 1.47. The van der Waals surface area contributed by atoms with Crippen LogP contribution in [0.4, 0.5) is 0 Å². The fourth-order valence-electron chi connectivity index (χ4n) is 0.884. The van der Waals surface area contributed by atoms with Gasteiger partial charge in [-0.2, -0.15) is 5.10 Å². The lowest BCUT2D eigenvalue weighted by molar-refractivity contribution is 0.415. The predicted molar refractivity (Wildman–Crippen MR) is 63.6 cm³/mol. The van der Waals surface area contributed by atoms with E-state index >= 15 is 0 Å². The Morgan fingerprint density at radius 2 is 2.13 bits per heavy atom. The molecule has 0 radical (unpaired) electrons. The molecule has 0 fully saturated rings. The van der Waals surface area contributed by atoms with E-state index in [0.29, 0.717) is 0 Å². The summed E-state index contributed by atoms with van der Waals surface area (Å²) in [6, 6.07) is 7.40. The van der Waals surface area contributed by atoms with Crippen molar-refractivity contribution < 1.29 is 4.74 Å². The van der Waals surface area contributed by atoms with Crippen molar-refractivity contribution in [3.05, 3.63) is 29.8 Å². The lowest BCUT2D eigenvalue weighted by Crippen LogP contribution is -2.21. The van der Waals surface area contributed by atoms with E-state index in [4.69, 9.17) is 16.2 Å². The second-order valence-corrected chi connectivity index (χ2v) is 2.55. The van der Waals surface area contributed by atoms with Crippen molar-refractivity contribution in [2.75, 3.05) is 7.11 Å². The van der Waals surface area contributed by atoms with Gasteiger partial charge in [0.1, 0.15) is 5.75 Å². The van der Waals surface area contributed by atoms with Gasteiger partial charge in [-0.1, -0.05) is 12.1 Å². The first kappa shape index (κ1) is 13.2. The van der Waals surface area contributed by atoms with E-state index in [2.05, 4.69) is 10.2 Å². The van der Waals surface area contributed by atoms with Crippen LogP contribution < -0.4 is 16.2 Å². The van der Waals surface area contributed by atoms with E-state index in [1.165, 1.54) is 0 Å². The number of hydrogen-bond acceptors (Lipinski definition) is 3. The molecule has 0 heterocycles. The van der Waals surface area contributed by atoms with Crippen LogP contribution in [0.25, 0.3) is 0 Å². The van der Waals surface area contributed by atoms with Gasteiger partial charge in [0, 0.05) is 0 Å². The first-order valence-electron chi connectivity index (χ1n) is 3.98. The molecule has 1 aromatic rings. The minimum absolute atomic E-state index is 0. The Hall–Kier alpha value is -1.75.